The molecule has 1 amide bonds. The summed E-state index contributed by atoms with van der Waals surface area (Å²) >= 11 is 5.30. The van der Waals surface area contributed by atoms with E-state index in [9.17, 15) is 4.79 Å². The van der Waals surface area contributed by atoms with E-state index in [1.54, 1.807) is 18.2 Å². The van der Waals surface area contributed by atoms with Crippen LogP contribution in [0.15, 0.2) is 78.9 Å². The van der Waals surface area contributed by atoms with Gasteiger partial charge in [-0.25, -0.2) is 0 Å². The van der Waals surface area contributed by atoms with Crippen molar-refractivity contribution in [2.45, 2.75) is 20.3 Å². The van der Waals surface area contributed by atoms with Crippen molar-refractivity contribution in [3.8, 4) is 11.5 Å². The van der Waals surface area contributed by atoms with Crippen LogP contribution in [0.5, 0.6) is 11.5 Å². The molecule has 0 aliphatic rings. The van der Waals surface area contributed by atoms with E-state index in [1.165, 1.54) is 5.56 Å². The van der Waals surface area contributed by atoms with Gasteiger partial charge < -0.3 is 14.8 Å². The lowest BCUT2D eigenvalue weighted by Crippen LogP contribution is -2.34. The molecule has 0 saturated heterocycles. The van der Waals surface area contributed by atoms with Crippen LogP contribution in [0.3, 0.4) is 0 Å². The van der Waals surface area contributed by atoms with Gasteiger partial charge in [-0.15, -0.1) is 0 Å². The molecule has 3 aromatic rings. The van der Waals surface area contributed by atoms with Gasteiger partial charge >= 0.3 is 0 Å². The molecule has 0 atom stereocenters. The molecule has 0 aliphatic carbocycles. The predicted octanol–water partition coefficient (Wildman–Crippen LogP) is 5.47. The van der Waals surface area contributed by atoms with Gasteiger partial charge in [-0.3, -0.25) is 10.1 Å². The minimum Gasteiger partial charge on any atom is -0.493 e. The van der Waals surface area contributed by atoms with E-state index in [0.717, 1.165) is 17.9 Å². The Morgan fingerprint density at radius 1 is 0.906 bits per heavy atom. The third-order valence-corrected chi connectivity index (χ3v) is 4.70. The molecule has 2 N–H and O–H groups in total. The van der Waals surface area contributed by atoms with E-state index in [2.05, 4.69) is 36.6 Å². The van der Waals surface area contributed by atoms with Gasteiger partial charge in [-0.2, -0.15) is 0 Å². The number of hydrogen-bond donors (Lipinski definition) is 2. The lowest BCUT2D eigenvalue weighted by Gasteiger charge is -2.13. The summed E-state index contributed by atoms with van der Waals surface area (Å²) < 4.78 is 11.5. The number of carbonyl (C=O) groups is 1. The van der Waals surface area contributed by atoms with E-state index in [1.807, 2.05) is 48.5 Å². The Morgan fingerprint density at radius 2 is 1.62 bits per heavy atom. The fourth-order valence-corrected chi connectivity index (χ4v) is 3.13. The normalized spacial score (nSPS) is 10.5. The van der Waals surface area contributed by atoms with E-state index < -0.39 is 0 Å². The maximum Gasteiger partial charge on any atom is 0.257 e. The minimum absolute atomic E-state index is 0.214. The summed E-state index contributed by atoms with van der Waals surface area (Å²) in [5.74, 6) is 1.52. The van der Waals surface area contributed by atoms with Crippen LogP contribution >= 0.6 is 12.2 Å². The quantitative estimate of drug-likeness (QED) is 0.425. The zero-order valence-corrected chi connectivity index (χ0v) is 19.2. The highest BCUT2D eigenvalue weighted by atomic mass is 32.1. The maximum atomic E-state index is 12.6. The summed E-state index contributed by atoms with van der Waals surface area (Å²) in [6.07, 6.45) is 0.797. The Balaban J connectivity index is 1.51. The molecular weight excluding hydrogens is 420 g/mol. The van der Waals surface area contributed by atoms with Gasteiger partial charge in [0.1, 0.15) is 11.5 Å². The van der Waals surface area contributed by atoms with E-state index in [0.29, 0.717) is 30.4 Å². The van der Waals surface area contributed by atoms with Gasteiger partial charge in [0.05, 0.1) is 13.2 Å². The number of ether oxygens (including phenoxy) is 2. The first-order valence-electron chi connectivity index (χ1n) is 10.6. The highest BCUT2D eigenvalue weighted by Gasteiger charge is 2.10. The Labute approximate surface area is 194 Å². The first kappa shape index (κ1) is 23.3. The first-order valence-corrected chi connectivity index (χ1v) is 11.0. The second-order valence-corrected chi connectivity index (χ2v) is 8.16. The number of amides is 1. The van der Waals surface area contributed by atoms with Gasteiger partial charge in [0.2, 0.25) is 0 Å². The van der Waals surface area contributed by atoms with Crippen molar-refractivity contribution in [2.75, 3.05) is 18.5 Å². The number of carbonyl (C=O) groups excluding carboxylic acids is 1. The van der Waals surface area contributed by atoms with Gasteiger partial charge in [-0.1, -0.05) is 56.3 Å². The lowest BCUT2D eigenvalue weighted by molar-refractivity contribution is 0.0977. The molecule has 0 aromatic heterocycles. The molecule has 0 radical (unpaired) electrons. The summed E-state index contributed by atoms with van der Waals surface area (Å²) in [7, 11) is 0. The van der Waals surface area contributed by atoms with E-state index >= 15 is 0 Å². The molecule has 166 valence electrons. The summed E-state index contributed by atoms with van der Waals surface area (Å²) in [4.78, 5) is 12.6. The topological polar surface area (TPSA) is 59.6 Å². The van der Waals surface area contributed by atoms with Gasteiger partial charge in [-0.05, 0) is 54.0 Å². The van der Waals surface area contributed by atoms with Crippen LogP contribution in [0.1, 0.15) is 29.8 Å². The number of nitrogens with one attached hydrogen (secondary N) is 2. The third-order valence-electron chi connectivity index (χ3n) is 4.50. The Morgan fingerprint density at radius 3 is 2.38 bits per heavy atom. The van der Waals surface area contributed by atoms with Gasteiger partial charge in [0.15, 0.2) is 5.11 Å². The average Bonchev–Trinajstić information content (AvgIpc) is 2.79. The molecule has 3 rings (SSSR count). The second kappa shape index (κ2) is 11.9. The van der Waals surface area contributed by atoms with Crippen molar-refractivity contribution in [3.63, 3.8) is 0 Å². The van der Waals surface area contributed by atoms with Gasteiger partial charge in [0.25, 0.3) is 5.91 Å². The van der Waals surface area contributed by atoms with Crippen LogP contribution in [0.25, 0.3) is 0 Å². The second-order valence-electron chi connectivity index (χ2n) is 7.75. The molecule has 0 fully saturated rings. The number of rotatable bonds is 9. The van der Waals surface area contributed by atoms with Crippen molar-refractivity contribution in [1.29, 1.82) is 0 Å². The highest BCUT2D eigenvalue weighted by molar-refractivity contribution is 7.80. The van der Waals surface area contributed by atoms with E-state index in [-0.39, 0.29) is 11.0 Å². The molecule has 3 aromatic carbocycles. The largest absolute Gasteiger partial charge is 0.493 e. The van der Waals surface area contributed by atoms with Crippen molar-refractivity contribution in [2.24, 2.45) is 5.92 Å². The molecule has 0 bridgehead atoms. The molecule has 0 heterocycles. The van der Waals surface area contributed by atoms with Crippen molar-refractivity contribution in [1.82, 2.24) is 5.32 Å². The van der Waals surface area contributed by atoms with Gasteiger partial charge in [0, 0.05) is 23.7 Å². The van der Waals surface area contributed by atoms with Crippen LogP contribution in [-0.2, 0) is 6.42 Å². The Kier molecular flexibility index (Phi) is 8.63. The van der Waals surface area contributed by atoms with Crippen LogP contribution in [-0.4, -0.2) is 24.2 Å². The Bertz CT molecular complexity index is 1040. The zero-order valence-electron chi connectivity index (χ0n) is 18.3. The fraction of sp³-hybridized carbons (Fsp3) is 0.231. The van der Waals surface area contributed by atoms with Crippen molar-refractivity contribution >= 4 is 28.9 Å². The van der Waals surface area contributed by atoms with Crippen LogP contribution in [0, 0.1) is 5.92 Å². The molecule has 0 unspecified atom stereocenters. The van der Waals surface area contributed by atoms with Crippen molar-refractivity contribution in [3.05, 3.63) is 90.0 Å². The van der Waals surface area contributed by atoms with Crippen molar-refractivity contribution < 1.29 is 14.3 Å². The predicted molar refractivity (Wildman–Crippen MR) is 133 cm³/mol. The lowest BCUT2D eigenvalue weighted by atomic mass is 10.2. The Hall–Kier alpha value is -3.38. The minimum atomic E-state index is -0.303. The smallest absolute Gasteiger partial charge is 0.257 e. The van der Waals surface area contributed by atoms with Crippen LogP contribution in [0.2, 0.25) is 0 Å². The number of thiocarbonyl (C=S) groups is 1. The highest BCUT2D eigenvalue weighted by Crippen LogP contribution is 2.18. The summed E-state index contributed by atoms with van der Waals surface area (Å²) in [5.41, 5.74) is 2.42. The fourth-order valence-electron chi connectivity index (χ4n) is 2.92. The molecule has 0 spiro atoms. The maximum absolute atomic E-state index is 12.6. The molecule has 5 nitrogen and oxygen atoms in total. The first-order chi connectivity index (χ1) is 15.5. The van der Waals surface area contributed by atoms with Crippen LogP contribution in [0.4, 0.5) is 5.69 Å². The van der Waals surface area contributed by atoms with Crippen LogP contribution < -0.4 is 20.1 Å². The molecule has 0 aliphatic heterocycles. The number of benzene rings is 3. The van der Waals surface area contributed by atoms with E-state index in [4.69, 9.17) is 21.7 Å². The zero-order chi connectivity index (χ0) is 22.8. The summed E-state index contributed by atoms with van der Waals surface area (Å²) in [6.45, 7) is 5.35. The summed E-state index contributed by atoms with van der Waals surface area (Å²) in [6, 6.07) is 24.7. The molecule has 0 saturated carbocycles. The molecule has 32 heavy (non-hydrogen) atoms. The number of hydrogen-bond acceptors (Lipinski definition) is 4. The monoisotopic (exact) mass is 448 g/mol. The molecular formula is C26H28N2O3S. The third kappa shape index (κ3) is 7.71. The average molecular weight is 449 g/mol. The number of anilines is 1. The summed E-state index contributed by atoms with van der Waals surface area (Å²) in [5, 5.41) is 5.95. The standard InChI is InChI=1S/C26H28N2O3S/c1-19(2)18-31-24-13-7-11-22(17-24)27-26(32)28-25(29)21-10-6-12-23(16-21)30-15-14-20-8-4-3-5-9-20/h3-13,16-17,19H,14-15,18H2,1-2H3,(H2,27,28,29,32). The molecule has 6 heteroatoms. The SMILES string of the molecule is CC(C)COc1cccc(NC(=S)NC(=O)c2cccc(OCCc3ccccc3)c2)c1.